The smallest absolute Gasteiger partial charge is 0.322 e. The first-order valence-corrected chi connectivity index (χ1v) is 9.44. The van der Waals surface area contributed by atoms with Crippen LogP contribution in [0.4, 0.5) is 4.79 Å². The molecule has 0 aromatic heterocycles. The summed E-state index contributed by atoms with van der Waals surface area (Å²) in [6.07, 6.45) is 2.01. The monoisotopic (exact) mass is 388 g/mol. The van der Waals surface area contributed by atoms with Crippen molar-refractivity contribution in [2.24, 2.45) is 0 Å². The number of likely N-dealkylation sites (N-methyl/N-ethyl adjacent to an activating group) is 1. The third kappa shape index (κ3) is 3.06. The number of carbonyl (C=O) groups excluding carboxylic acids is 3. The molecule has 0 unspecified atom stereocenters. The van der Waals surface area contributed by atoms with Crippen molar-refractivity contribution in [1.29, 1.82) is 0 Å². The predicted molar refractivity (Wildman–Crippen MR) is 99.9 cm³/mol. The maximum atomic E-state index is 13.1. The van der Waals surface area contributed by atoms with Crippen molar-refractivity contribution in [3.63, 3.8) is 0 Å². The molecule has 0 bridgehead atoms. The van der Waals surface area contributed by atoms with Gasteiger partial charge >= 0.3 is 6.03 Å². The molecule has 3 aliphatic rings. The van der Waals surface area contributed by atoms with Gasteiger partial charge in [0, 0.05) is 25.2 Å². The second kappa shape index (κ2) is 6.88. The molecule has 1 aromatic rings. The highest BCUT2D eigenvalue weighted by Gasteiger charge is 2.44. The molecular formula is C19H21ClN4O3. The molecule has 4 amide bonds. The fourth-order valence-corrected chi connectivity index (χ4v) is 4.17. The number of nitrogens with zero attached hydrogens (tertiary/aromatic N) is 3. The van der Waals surface area contributed by atoms with Crippen molar-refractivity contribution in [2.75, 3.05) is 33.2 Å². The number of urea groups is 1. The highest BCUT2D eigenvalue weighted by atomic mass is 35.5. The Morgan fingerprint density at radius 2 is 1.93 bits per heavy atom. The van der Waals surface area contributed by atoms with Crippen molar-refractivity contribution in [3.8, 4) is 0 Å². The van der Waals surface area contributed by atoms with Gasteiger partial charge in [-0.25, -0.2) is 4.79 Å². The lowest BCUT2D eigenvalue weighted by Gasteiger charge is -2.31. The van der Waals surface area contributed by atoms with Gasteiger partial charge in [0.05, 0.1) is 23.9 Å². The topological polar surface area (TPSA) is 73.0 Å². The second-order valence-electron chi connectivity index (χ2n) is 7.07. The van der Waals surface area contributed by atoms with E-state index in [2.05, 4.69) is 5.32 Å². The molecule has 0 radical (unpaired) electrons. The third-order valence-electron chi connectivity index (χ3n) is 5.44. The summed E-state index contributed by atoms with van der Waals surface area (Å²) in [5, 5.41) is 3.34. The molecule has 1 N–H and O–H groups in total. The minimum atomic E-state index is -0.614. The van der Waals surface area contributed by atoms with Crippen LogP contribution >= 0.6 is 11.6 Å². The van der Waals surface area contributed by atoms with Crippen molar-refractivity contribution in [3.05, 3.63) is 46.1 Å². The van der Waals surface area contributed by atoms with Crippen LogP contribution in [0.1, 0.15) is 24.4 Å². The molecule has 1 fully saturated rings. The number of nitrogens with one attached hydrogen (secondary N) is 1. The number of rotatable bonds is 3. The zero-order valence-electron chi connectivity index (χ0n) is 15.1. The van der Waals surface area contributed by atoms with E-state index >= 15 is 0 Å². The van der Waals surface area contributed by atoms with Gasteiger partial charge in [-0.3, -0.25) is 14.5 Å². The van der Waals surface area contributed by atoms with Crippen LogP contribution in [0.5, 0.6) is 0 Å². The molecular weight excluding hydrogens is 368 g/mol. The Bertz CT molecular complexity index is 847. The van der Waals surface area contributed by atoms with Crippen LogP contribution < -0.4 is 5.32 Å². The molecule has 1 aromatic carbocycles. The first kappa shape index (κ1) is 17.9. The standard InChI is InChI=1S/C19H21ClN4O3/c1-22-14-10-24(11-15(25)23-8-4-5-9-23)18(26)16(14)17(21-19(22)27)12-6-2-3-7-13(12)20/h2-3,6-7,17H,4-5,8-11H2,1H3,(H,21,27)/t17-/m1/s1. The SMILES string of the molecule is CN1C(=O)N[C@H](c2ccccc2Cl)C2=C1CN(CC(=O)N1CCCC1)C2=O. The minimum Gasteiger partial charge on any atom is -0.341 e. The summed E-state index contributed by atoms with van der Waals surface area (Å²) >= 11 is 6.31. The van der Waals surface area contributed by atoms with E-state index < -0.39 is 6.04 Å². The maximum absolute atomic E-state index is 13.1. The van der Waals surface area contributed by atoms with E-state index in [-0.39, 0.29) is 30.9 Å². The van der Waals surface area contributed by atoms with Crippen LogP contribution in [-0.2, 0) is 9.59 Å². The number of hydrogen-bond acceptors (Lipinski definition) is 3. The summed E-state index contributed by atoms with van der Waals surface area (Å²) in [5.41, 5.74) is 1.79. The van der Waals surface area contributed by atoms with E-state index in [1.807, 2.05) is 6.07 Å². The van der Waals surface area contributed by atoms with Crippen molar-refractivity contribution in [1.82, 2.24) is 20.0 Å². The molecule has 4 rings (SSSR count). The highest BCUT2D eigenvalue weighted by molar-refractivity contribution is 6.31. The van der Waals surface area contributed by atoms with Gasteiger partial charge in [0.2, 0.25) is 5.91 Å². The van der Waals surface area contributed by atoms with E-state index in [1.165, 1.54) is 9.80 Å². The van der Waals surface area contributed by atoms with Crippen LogP contribution in [0.2, 0.25) is 5.02 Å². The molecule has 8 heteroatoms. The van der Waals surface area contributed by atoms with Gasteiger partial charge in [-0.2, -0.15) is 0 Å². The van der Waals surface area contributed by atoms with Crippen LogP contribution in [0.25, 0.3) is 0 Å². The fraction of sp³-hybridized carbons (Fsp3) is 0.421. The van der Waals surface area contributed by atoms with E-state index in [1.54, 1.807) is 30.1 Å². The van der Waals surface area contributed by atoms with E-state index in [9.17, 15) is 14.4 Å². The summed E-state index contributed by atoms with van der Waals surface area (Å²) < 4.78 is 0. The Labute approximate surface area is 162 Å². The van der Waals surface area contributed by atoms with Crippen molar-refractivity contribution < 1.29 is 14.4 Å². The average molecular weight is 389 g/mol. The Kier molecular flexibility index (Phi) is 4.55. The van der Waals surface area contributed by atoms with Gasteiger partial charge in [0.1, 0.15) is 6.54 Å². The molecule has 1 atom stereocenters. The predicted octanol–water partition coefficient (Wildman–Crippen LogP) is 1.75. The molecule has 1 saturated heterocycles. The van der Waals surface area contributed by atoms with Gasteiger partial charge < -0.3 is 15.1 Å². The summed E-state index contributed by atoms with van der Waals surface area (Å²) in [6.45, 7) is 1.77. The molecule has 142 valence electrons. The van der Waals surface area contributed by atoms with Crippen molar-refractivity contribution >= 4 is 29.4 Å². The quantitative estimate of drug-likeness (QED) is 0.857. The van der Waals surface area contributed by atoms with Crippen LogP contribution in [0.15, 0.2) is 35.5 Å². The highest BCUT2D eigenvalue weighted by Crippen LogP contribution is 2.37. The van der Waals surface area contributed by atoms with Gasteiger partial charge in [-0.05, 0) is 24.5 Å². The molecule has 3 heterocycles. The van der Waals surface area contributed by atoms with Gasteiger partial charge in [0.15, 0.2) is 0 Å². The number of benzene rings is 1. The Hall–Kier alpha value is -2.54. The first-order valence-electron chi connectivity index (χ1n) is 9.06. The third-order valence-corrected chi connectivity index (χ3v) is 5.78. The van der Waals surface area contributed by atoms with Crippen LogP contribution in [0, 0.1) is 0 Å². The summed E-state index contributed by atoms with van der Waals surface area (Å²) in [7, 11) is 1.63. The maximum Gasteiger partial charge on any atom is 0.322 e. The van der Waals surface area contributed by atoms with Gasteiger partial charge in [-0.15, -0.1) is 0 Å². The zero-order chi connectivity index (χ0) is 19.1. The molecule has 27 heavy (non-hydrogen) atoms. The Morgan fingerprint density at radius 1 is 1.22 bits per heavy atom. The lowest BCUT2D eigenvalue weighted by molar-refractivity contribution is -0.137. The summed E-state index contributed by atoms with van der Waals surface area (Å²) in [5.74, 6) is -0.272. The zero-order valence-corrected chi connectivity index (χ0v) is 15.8. The number of amides is 4. The normalized spacial score (nSPS) is 22.4. The number of hydrogen-bond donors (Lipinski definition) is 1. The lowest BCUT2D eigenvalue weighted by Crippen LogP contribution is -2.45. The van der Waals surface area contributed by atoms with Crippen molar-refractivity contribution in [2.45, 2.75) is 18.9 Å². The van der Waals surface area contributed by atoms with Gasteiger partial charge in [0.25, 0.3) is 5.91 Å². The largest absolute Gasteiger partial charge is 0.341 e. The molecule has 0 aliphatic carbocycles. The first-order chi connectivity index (χ1) is 13.0. The van der Waals surface area contributed by atoms with Crippen LogP contribution in [-0.4, -0.2) is 65.8 Å². The molecule has 0 spiro atoms. The summed E-state index contributed by atoms with van der Waals surface area (Å²) in [4.78, 5) is 42.8. The van der Waals surface area contributed by atoms with Gasteiger partial charge in [-0.1, -0.05) is 29.8 Å². The number of carbonyl (C=O) groups is 3. The van der Waals surface area contributed by atoms with E-state index in [4.69, 9.17) is 11.6 Å². The molecule has 0 saturated carbocycles. The van der Waals surface area contributed by atoms with E-state index in [0.717, 1.165) is 25.9 Å². The second-order valence-corrected chi connectivity index (χ2v) is 7.48. The average Bonchev–Trinajstić information content (AvgIpc) is 3.29. The van der Waals surface area contributed by atoms with Crippen LogP contribution in [0.3, 0.4) is 0 Å². The Morgan fingerprint density at radius 3 is 2.63 bits per heavy atom. The number of halogens is 1. The lowest BCUT2D eigenvalue weighted by atomic mass is 9.96. The molecule has 3 aliphatic heterocycles. The molecule has 7 nitrogen and oxygen atoms in total. The summed E-state index contributed by atoms with van der Waals surface area (Å²) in [6, 6.07) is 6.25. The Balaban J connectivity index is 1.62. The van der Waals surface area contributed by atoms with E-state index in [0.29, 0.717) is 21.9 Å². The fourth-order valence-electron chi connectivity index (χ4n) is 3.92. The minimum absolute atomic E-state index is 0.0309. The number of likely N-dealkylation sites (tertiary alicyclic amines) is 1.